The van der Waals surface area contributed by atoms with Crippen molar-refractivity contribution < 1.29 is 13.6 Å². The summed E-state index contributed by atoms with van der Waals surface area (Å²) in [5.41, 5.74) is 2.77. The number of rotatable bonds is 4. The Labute approximate surface area is 121 Å². The number of aromatic nitrogens is 1. The molecule has 5 heteroatoms. The first-order valence-corrected chi connectivity index (χ1v) is 6.78. The molecule has 2 heterocycles. The first-order chi connectivity index (χ1) is 10.2. The highest BCUT2D eigenvalue weighted by molar-refractivity contribution is 5.97. The minimum absolute atomic E-state index is 0.166. The summed E-state index contributed by atoms with van der Waals surface area (Å²) < 4.78 is 20.5. The van der Waals surface area contributed by atoms with Crippen LogP contribution in [-0.2, 0) is 6.54 Å². The van der Waals surface area contributed by atoms with E-state index >= 15 is 0 Å². The van der Waals surface area contributed by atoms with Crippen LogP contribution in [0.3, 0.4) is 0 Å². The van der Waals surface area contributed by atoms with Gasteiger partial charge >= 0.3 is 0 Å². The molecule has 0 saturated heterocycles. The number of benzene rings is 1. The second kappa shape index (κ2) is 5.44. The zero-order valence-corrected chi connectivity index (χ0v) is 11.6. The van der Waals surface area contributed by atoms with Gasteiger partial charge in [0.25, 0.3) is 5.91 Å². The molecule has 3 rings (SSSR count). The smallest absolute Gasteiger partial charge is 0.268 e. The van der Waals surface area contributed by atoms with Crippen molar-refractivity contribution in [2.24, 2.45) is 0 Å². The topological polar surface area (TPSA) is 47.2 Å². The lowest BCUT2D eigenvalue weighted by Gasteiger charge is -2.10. The molecule has 0 aliphatic rings. The summed E-state index contributed by atoms with van der Waals surface area (Å²) in [4.78, 5) is 12.1. The van der Waals surface area contributed by atoms with E-state index < -0.39 is 0 Å². The molecule has 0 radical (unpaired) electrons. The Morgan fingerprint density at radius 3 is 2.95 bits per heavy atom. The average molecular weight is 286 g/mol. The second-order valence-corrected chi connectivity index (χ2v) is 4.78. The fraction of sp³-hybridized carbons (Fsp3) is 0.188. The maximum Gasteiger partial charge on any atom is 0.268 e. The van der Waals surface area contributed by atoms with Gasteiger partial charge in [0.2, 0.25) is 0 Å². The van der Waals surface area contributed by atoms with E-state index in [0.29, 0.717) is 24.4 Å². The molecule has 4 nitrogen and oxygen atoms in total. The Morgan fingerprint density at radius 2 is 2.19 bits per heavy atom. The van der Waals surface area contributed by atoms with Crippen LogP contribution in [-0.4, -0.2) is 17.0 Å². The minimum atomic E-state index is -0.289. The van der Waals surface area contributed by atoms with E-state index in [1.165, 1.54) is 12.1 Å². The second-order valence-electron chi connectivity index (χ2n) is 4.78. The summed E-state index contributed by atoms with van der Waals surface area (Å²) in [6.07, 6.45) is 1.58. The Balaban J connectivity index is 2.04. The SMILES string of the molecule is CCNC(=O)c1cc2occc2n1Cc1cccc(F)c1. The third-order valence-electron chi connectivity index (χ3n) is 3.32. The number of carbonyl (C=O) groups is 1. The van der Waals surface area contributed by atoms with Crippen LogP contribution in [0, 0.1) is 5.82 Å². The number of fused-ring (bicyclic) bond motifs is 1. The third kappa shape index (κ3) is 2.54. The van der Waals surface area contributed by atoms with E-state index in [-0.39, 0.29) is 11.7 Å². The highest BCUT2D eigenvalue weighted by atomic mass is 19.1. The standard InChI is InChI=1S/C16H15FN2O2/c1-2-18-16(20)14-9-15-13(6-7-21-15)19(14)10-11-4-3-5-12(17)8-11/h3-9H,2,10H2,1H3,(H,18,20). The van der Waals surface area contributed by atoms with Gasteiger partial charge in [-0.3, -0.25) is 4.79 Å². The molecule has 1 amide bonds. The Kier molecular flexibility index (Phi) is 3.48. The Hall–Kier alpha value is -2.56. The monoisotopic (exact) mass is 286 g/mol. The van der Waals surface area contributed by atoms with Crippen LogP contribution in [0.2, 0.25) is 0 Å². The fourth-order valence-corrected chi connectivity index (χ4v) is 2.40. The number of carbonyl (C=O) groups excluding carboxylic acids is 1. The molecule has 0 spiro atoms. The van der Waals surface area contributed by atoms with E-state index in [1.807, 2.05) is 17.6 Å². The summed E-state index contributed by atoms with van der Waals surface area (Å²) in [5, 5.41) is 2.77. The normalized spacial score (nSPS) is 11.0. The quantitative estimate of drug-likeness (QED) is 0.800. The molecule has 0 aliphatic carbocycles. The summed E-state index contributed by atoms with van der Waals surface area (Å²) in [5.74, 6) is -0.456. The molecule has 0 bridgehead atoms. The Bertz CT molecular complexity index is 789. The highest BCUT2D eigenvalue weighted by Gasteiger charge is 2.17. The lowest BCUT2D eigenvalue weighted by molar-refractivity contribution is 0.0947. The summed E-state index contributed by atoms with van der Waals surface area (Å²) >= 11 is 0. The van der Waals surface area contributed by atoms with Crippen molar-refractivity contribution in [2.75, 3.05) is 6.54 Å². The molecule has 108 valence electrons. The van der Waals surface area contributed by atoms with Crippen LogP contribution in [0.25, 0.3) is 11.1 Å². The van der Waals surface area contributed by atoms with Crippen molar-refractivity contribution in [1.29, 1.82) is 0 Å². The van der Waals surface area contributed by atoms with Crippen molar-refractivity contribution in [3.8, 4) is 0 Å². The van der Waals surface area contributed by atoms with Gasteiger partial charge in [0.05, 0.1) is 11.8 Å². The minimum Gasteiger partial charge on any atom is -0.463 e. The van der Waals surface area contributed by atoms with Gasteiger partial charge in [-0.1, -0.05) is 12.1 Å². The molecule has 0 atom stereocenters. The molecular weight excluding hydrogens is 271 g/mol. The zero-order chi connectivity index (χ0) is 14.8. The number of nitrogens with one attached hydrogen (secondary N) is 1. The largest absolute Gasteiger partial charge is 0.463 e. The molecule has 1 aromatic carbocycles. The van der Waals surface area contributed by atoms with Gasteiger partial charge in [-0.15, -0.1) is 0 Å². The first kappa shape index (κ1) is 13.4. The number of halogens is 1. The lowest BCUT2D eigenvalue weighted by Crippen LogP contribution is -2.25. The predicted molar refractivity (Wildman–Crippen MR) is 77.7 cm³/mol. The van der Waals surface area contributed by atoms with Crippen molar-refractivity contribution in [1.82, 2.24) is 9.88 Å². The van der Waals surface area contributed by atoms with Crippen molar-refractivity contribution >= 4 is 17.0 Å². The number of amides is 1. The fourth-order valence-electron chi connectivity index (χ4n) is 2.40. The van der Waals surface area contributed by atoms with Gasteiger partial charge in [0, 0.05) is 25.2 Å². The van der Waals surface area contributed by atoms with E-state index in [1.54, 1.807) is 24.5 Å². The molecule has 21 heavy (non-hydrogen) atoms. The van der Waals surface area contributed by atoms with Gasteiger partial charge in [0.1, 0.15) is 11.5 Å². The number of nitrogens with zero attached hydrogens (tertiary/aromatic N) is 1. The van der Waals surface area contributed by atoms with Gasteiger partial charge in [0.15, 0.2) is 5.58 Å². The molecule has 2 aromatic heterocycles. The number of furan rings is 1. The van der Waals surface area contributed by atoms with Gasteiger partial charge in [-0.2, -0.15) is 0 Å². The molecule has 0 unspecified atom stereocenters. The first-order valence-electron chi connectivity index (χ1n) is 6.78. The van der Waals surface area contributed by atoms with Crippen molar-refractivity contribution in [2.45, 2.75) is 13.5 Å². The van der Waals surface area contributed by atoms with Crippen LogP contribution in [0.5, 0.6) is 0 Å². The molecule has 1 N–H and O–H groups in total. The van der Waals surface area contributed by atoms with E-state index in [2.05, 4.69) is 5.32 Å². The molecule has 0 aliphatic heterocycles. The summed E-state index contributed by atoms with van der Waals surface area (Å²) in [7, 11) is 0. The van der Waals surface area contributed by atoms with Crippen LogP contribution >= 0.6 is 0 Å². The molecule has 3 aromatic rings. The summed E-state index contributed by atoms with van der Waals surface area (Å²) in [6, 6.07) is 9.87. The van der Waals surface area contributed by atoms with Gasteiger partial charge < -0.3 is 14.3 Å². The average Bonchev–Trinajstić information content (AvgIpc) is 3.02. The van der Waals surface area contributed by atoms with Crippen molar-refractivity contribution in [3.05, 3.63) is 59.7 Å². The Morgan fingerprint density at radius 1 is 1.33 bits per heavy atom. The number of hydrogen-bond acceptors (Lipinski definition) is 2. The maximum atomic E-state index is 13.3. The van der Waals surface area contributed by atoms with Crippen LogP contribution < -0.4 is 5.32 Å². The van der Waals surface area contributed by atoms with Crippen LogP contribution in [0.1, 0.15) is 23.0 Å². The number of hydrogen-bond donors (Lipinski definition) is 1. The molecule has 0 saturated carbocycles. The summed E-state index contributed by atoms with van der Waals surface area (Å²) in [6.45, 7) is 2.82. The third-order valence-corrected chi connectivity index (χ3v) is 3.32. The van der Waals surface area contributed by atoms with E-state index in [9.17, 15) is 9.18 Å². The molecular formula is C16H15FN2O2. The van der Waals surface area contributed by atoms with Gasteiger partial charge in [-0.05, 0) is 24.6 Å². The highest BCUT2D eigenvalue weighted by Crippen LogP contribution is 2.22. The van der Waals surface area contributed by atoms with E-state index in [0.717, 1.165) is 11.1 Å². The zero-order valence-electron chi connectivity index (χ0n) is 11.6. The van der Waals surface area contributed by atoms with Crippen molar-refractivity contribution in [3.63, 3.8) is 0 Å². The van der Waals surface area contributed by atoms with E-state index in [4.69, 9.17) is 4.42 Å². The maximum absolute atomic E-state index is 13.3. The molecule has 0 fully saturated rings. The van der Waals surface area contributed by atoms with Crippen LogP contribution in [0.15, 0.2) is 47.1 Å². The van der Waals surface area contributed by atoms with Crippen LogP contribution in [0.4, 0.5) is 4.39 Å². The van der Waals surface area contributed by atoms with Gasteiger partial charge in [-0.25, -0.2) is 4.39 Å². The predicted octanol–water partition coefficient (Wildman–Crippen LogP) is 3.17. The lowest BCUT2D eigenvalue weighted by atomic mass is 10.2.